The molecule has 0 spiro atoms. The van der Waals surface area contributed by atoms with Crippen LogP contribution in [0.1, 0.15) is 29.7 Å². The average Bonchev–Trinajstić information content (AvgIpc) is 2.67. The van der Waals surface area contributed by atoms with Gasteiger partial charge in [-0.15, -0.1) is 0 Å². The Morgan fingerprint density at radius 3 is 2.37 bits per heavy atom. The maximum Gasteiger partial charge on any atom is 0.241 e. The zero-order valence-electron chi connectivity index (χ0n) is 15.3. The number of rotatable bonds is 7. The van der Waals surface area contributed by atoms with E-state index in [0.29, 0.717) is 6.61 Å². The van der Waals surface area contributed by atoms with Gasteiger partial charge in [-0.3, -0.25) is 4.98 Å². The Bertz CT molecular complexity index is 970. The van der Waals surface area contributed by atoms with Crippen molar-refractivity contribution in [2.45, 2.75) is 31.4 Å². The summed E-state index contributed by atoms with van der Waals surface area (Å²) in [5.74, 6) is 0.719. The molecule has 0 radical (unpaired) electrons. The van der Waals surface area contributed by atoms with Gasteiger partial charge in [0, 0.05) is 24.0 Å². The normalized spacial score (nSPS) is 12.5. The molecule has 0 fully saturated rings. The van der Waals surface area contributed by atoms with Gasteiger partial charge in [0.05, 0.1) is 4.90 Å². The van der Waals surface area contributed by atoms with Crippen LogP contribution in [0.4, 0.5) is 0 Å². The zero-order valence-corrected chi connectivity index (χ0v) is 16.1. The molecule has 1 aromatic heterocycles. The molecule has 0 saturated heterocycles. The lowest BCUT2D eigenvalue weighted by atomic mass is 10.1. The number of hydrogen-bond acceptors (Lipinski definition) is 4. The first-order valence-electron chi connectivity index (χ1n) is 8.65. The molecule has 0 bridgehead atoms. The van der Waals surface area contributed by atoms with Crippen molar-refractivity contribution < 1.29 is 13.2 Å². The molecule has 0 amide bonds. The highest BCUT2D eigenvalue weighted by Crippen LogP contribution is 2.21. The van der Waals surface area contributed by atoms with Crippen LogP contribution in [-0.2, 0) is 16.6 Å². The van der Waals surface area contributed by atoms with Crippen molar-refractivity contribution in [3.05, 3.63) is 89.7 Å². The van der Waals surface area contributed by atoms with Crippen LogP contribution in [0.2, 0.25) is 0 Å². The molecule has 1 atom stereocenters. The van der Waals surface area contributed by atoms with Gasteiger partial charge in [0.2, 0.25) is 10.0 Å². The van der Waals surface area contributed by atoms with Crippen LogP contribution in [0, 0.1) is 6.92 Å². The summed E-state index contributed by atoms with van der Waals surface area (Å²) in [5.41, 5.74) is 2.86. The molecule has 27 heavy (non-hydrogen) atoms. The molecule has 0 aliphatic carbocycles. The molecule has 3 aromatic rings. The number of aromatic nitrogens is 1. The fraction of sp³-hybridized carbons (Fsp3) is 0.190. The molecule has 2 aromatic carbocycles. The number of ether oxygens (including phenoxy) is 1. The molecule has 5 nitrogen and oxygen atoms in total. The molecular weight excluding hydrogens is 360 g/mol. The van der Waals surface area contributed by atoms with Gasteiger partial charge in [-0.2, -0.15) is 0 Å². The third-order valence-electron chi connectivity index (χ3n) is 4.17. The van der Waals surface area contributed by atoms with Crippen LogP contribution < -0.4 is 9.46 Å². The minimum atomic E-state index is -3.57. The Morgan fingerprint density at radius 2 is 1.74 bits per heavy atom. The topological polar surface area (TPSA) is 68.3 Å². The third-order valence-corrected chi connectivity index (χ3v) is 5.73. The van der Waals surface area contributed by atoms with Gasteiger partial charge >= 0.3 is 0 Å². The smallest absolute Gasteiger partial charge is 0.241 e. The van der Waals surface area contributed by atoms with Gasteiger partial charge in [0.1, 0.15) is 12.4 Å². The van der Waals surface area contributed by atoms with Gasteiger partial charge in [0.25, 0.3) is 0 Å². The summed E-state index contributed by atoms with van der Waals surface area (Å²) in [6.07, 6.45) is 3.48. The molecule has 1 N–H and O–H groups in total. The molecule has 0 aliphatic heterocycles. The largest absolute Gasteiger partial charge is 0.489 e. The standard InChI is InChI=1S/C21H22N2O3S/c1-16-5-11-21(12-6-16)27(24,25)23-17(2)19-7-9-20(10-8-19)26-15-18-4-3-13-22-14-18/h3-14,17,23H,15H2,1-2H3. The first-order chi connectivity index (χ1) is 12.9. The highest BCUT2D eigenvalue weighted by atomic mass is 32.2. The fourth-order valence-corrected chi connectivity index (χ4v) is 3.82. The molecule has 0 aliphatic rings. The molecule has 1 heterocycles. The van der Waals surface area contributed by atoms with Crippen molar-refractivity contribution in [1.82, 2.24) is 9.71 Å². The molecular formula is C21H22N2O3S. The van der Waals surface area contributed by atoms with Crippen molar-refractivity contribution in [3.63, 3.8) is 0 Å². The highest BCUT2D eigenvalue weighted by molar-refractivity contribution is 7.89. The summed E-state index contributed by atoms with van der Waals surface area (Å²) in [5, 5.41) is 0. The maximum atomic E-state index is 12.5. The first kappa shape index (κ1) is 19.1. The lowest BCUT2D eigenvalue weighted by Crippen LogP contribution is -2.26. The minimum absolute atomic E-state index is 0.261. The molecule has 0 saturated carbocycles. The SMILES string of the molecule is Cc1ccc(S(=O)(=O)NC(C)c2ccc(OCc3cccnc3)cc2)cc1. The Balaban J connectivity index is 1.63. The summed E-state index contributed by atoms with van der Waals surface area (Å²) in [7, 11) is -3.57. The van der Waals surface area contributed by atoms with Crippen LogP contribution in [0.25, 0.3) is 0 Å². The van der Waals surface area contributed by atoms with E-state index in [-0.39, 0.29) is 10.9 Å². The summed E-state index contributed by atoms with van der Waals surface area (Å²) in [6.45, 7) is 4.17. The number of benzene rings is 2. The fourth-order valence-electron chi connectivity index (χ4n) is 2.59. The van der Waals surface area contributed by atoms with Gasteiger partial charge in [-0.25, -0.2) is 13.1 Å². The highest BCUT2D eigenvalue weighted by Gasteiger charge is 2.18. The molecule has 3 rings (SSSR count). The predicted molar refractivity (Wildman–Crippen MR) is 105 cm³/mol. The van der Waals surface area contributed by atoms with E-state index >= 15 is 0 Å². The van der Waals surface area contributed by atoms with Crippen LogP contribution in [-0.4, -0.2) is 13.4 Å². The van der Waals surface area contributed by atoms with E-state index in [4.69, 9.17) is 4.74 Å². The van der Waals surface area contributed by atoms with Crippen molar-refractivity contribution in [1.29, 1.82) is 0 Å². The van der Waals surface area contributed by atoms with Crippen LogP contribution >= 0.6 is 0 Å². The summed E-state index contributed by atoms with van der Waals surface area (Å²) in [6, 6.07) is 17.6. The predicted octanol–water partition coefficient (Wildman–Crippen LogP) is 4.01. The quantitative estimate of drug-likeness (QED) is 0.670. The Hall–Kier alpha value is -2.70. The van der Waals surface area contributed by atoms with Crippen molar-refractivity contribution in [3.8, 4) is 5.75 Å². The third kappa shape index (κ3) is 5.15. The zero-order chi connectivity index (χ0) is 19.3. The minimum Gasteiger partial charge on any atom is -0.489 e. The second-order valence-corrected chi connectivity index (χ2v) is 8.09. The Kier molecular flexibility index (Phi) is 5.88. The molecule has 6 heteroatoms. The van der Waals surface area contributed by atoms with Crippen molar-refractivity contribution in [2.24, 2.45) is 0 Å². The monoisotopic (exact) mass is 382 g/mol. The average molecular weight is 382 g/mol. The van der Waals surface area contributed by atoms with Crippen LogP contribution in [0.5, 0.6) is 5.75 Å². The van der Waals surface area contributed by atoms with E-state index < -0.39 is 10.0 Å². The molecule has 1 unspecified atom stereocenters. The van der Waals surface area contributed by atoms with Gasteiger partial charge in [-0.05, 0) is 49.7 Å². The Labute approximate surface area is 160 Å². The van der Waals surface area contributed by atoms with Crippen molar-refractivity contribution >= 4 is 10.0 Å². The van der Waals surface area contributed by atoms with Crippen LogP contribution in [0.3, 0.4) is 0 Å². The summed E-state index contributed by atoms with van der Waals surface area (Å²) < 4.78 is 33.5. The second kappa shape index (κ2) is 8.33. The van der Waals surface area contributed by atoms with Gasteiger partial charge in [0.15, 0.2) is 0 Å². The lowest BCUT2D eigenvalue weighted by Gasteiger charge is -2.15. The number of nitrogens with zero attached hydrogens (tertiary/aromatic N) is 1. The maximum absolute atomic E-state index is 12.5. The number of hydrogen-bond donors (Lipinski definition) is 1. The van der Waals surface area contributed by atoms with E-state index in [1.54, 1.807) is 36.7 Å². The van der Waals surface area contributed by atoms with Gasteiger partial charge < -0.3 is 4.74 Å². The van der Waals surface area contributed by atoms with E-state index in [1.807, 2.05) is 50.2 Å². The number of sulfonamides is 1. The Morgan fingerprint density at radius 1 is 1.04 bits per heavy atom. The molecule has 140 valence electrons. The second-order valence-electron chi connectivity index (χ2n) is 6.38. The van der Waals surface area contributed by atoms with Gasteiger partial charge in [-0.1, -0.05) is 35.9 Å². The van der Waals surface area contributed by atoms with E-state index in [9.17, 15) is 8.42 Å². The lowest BCUT2D eigenvalue weighted by molar-refractivity contribution is 0.305. The summed E-state index contributed by atoms with van der Waals surface area (Å²) >= 11 is 0. The number of pyridine rings is 1. The van der Waals surface area contributed by atoms with E-state index in [0.717, 1.165) is 22.4 Å². The van der Waals surface area contributed by atoms with E-state index in [1.165, 1.54) is 0 Å². The summed E-state index contributed by atoms with van der Waals surface area (Å²) in [4.78, 5) is 4.31. The van der Waals surface area contributed by atoms with Crippen LogP contribution in [0.15, 0.2) is 78.0 Å². The number of aryl methyl sites for hydroxylation is 1. The van der Waals surface area contributed by atoms with E-state index in [2.05, 4.69) is 9.71 Å². The first-order valence-corrected chi connectivity index (χ1v) is 10.1. The number of nitrogens with one attached hydrogen (secondary N) is 1. The van der Waals surface area contributed by atoms with Crippen molar-refractivity contribution in [2.75, 3.05) is 0 Å².